The summed E-state index contributed by atoms with van der Waals surface area (Å²) in [7, 11) is 3.04. The lowest BCUT2D eigenvalue weighted by Gasteiger charge is -2.21. The normalized spacial score (nSPS) is 20.8. The van der Waals surface area contributed by atoms with Crippen molar-refractivity contribution in [2.24, 2.45) is 5.10 Å². The van der Waals surface area contributed by atoms with Crippen molar-refractivity contribution in [2.45, 2.75) is 13.1 Å². The van der Waals surface area contributed by atoms with Crippen LogP contribution in [0, 0.1) is 0 Å². The predicted octanol–water partition coefficient (Wildman–Crippen LogP) is 3.12. The minimum atomic E-state index is -4.68. The highest BCUT2D eigenvalue weighted by atomic mass is 19.4. The zero-order chi connectivity index (χ0) is 18.4. The van der Waals surface area contributed by atoms with E-state index in [2.05, 4.69) is 5.10 Å². The minimum Gasteiger partial charge on any atom is -0.329 e. The number of benzene rings is 1. The molecule has 1 amide bonds. The first-order valence-corrected chi connectivity index (χ1v) is 7.72. The van der Waals surface area contributed by atoms with Gasteiger partial charge in [-0.1, -0.05) is 12.1 Å². The lowest BCUT2D eigenvalue weighted by atomic mass is 10.1. The molecule has 0 unspecified atom stereocenters. The Bertz CT molecular complexity index is 810. The second kappa shape index (κ2) is 5.94. The molecular formula is C17H17F3N4O. The molecule has 0 aliphatic carbocycles. The molecule has 0 saturated heterocycles. The highest BCUT2D eigenvalue weighted by Crippen LogP contribution is 2.40. The van der Waals surface area contributed by atoms with Crippen LogP contribution in [0.15, 0.2) is 52.9 Å². The number of halogens is 3. The molecule has 2 aliphatic heterocycles. The fraction of sp³-hybridized carbons (Fsp3) is 0.294. The van der Waals surface area contributed by atoms with Crippen molar-refractivity contribution in [2.75, 3.05) is 30.4 Å². The van der Waals surface area contributed by atoms with Gasteiger partial charge in [0.25, 0.3) is 5.91 Å². The molecule has 0 fully saturated rings. The van der Waals surface area contributed by atoms with Gasteiger partial charge < -0.3 is 9.80 Å². The standard InChI is InChI=1S/C17H17F3N4O/c1-4-24-13-8-6-5-7-12(13)22(2)14(24)10-9-11-15(17(18,19)20)21-23(3)16(11)25/h5-10H,4H2,1-3H3/b11-9+,14-10-. The van der Waals surface area contributed by atoms with Crippen LogP contribution in [-0.2, 0) is 4.79 Å². The third-order valence-corrected chi connectivity index (χ3v) is 4.17. The zero-order valence-electron chi connectivity index (χ0n) is 14.0. The number of para-hydroxylation sites is 2. The number of nitrogens with zero attached hydrogens (tertiary/aromatic N) is 4. The van der Waals surface area contributed by atoms with Crippen LogP contribution in [0.5, 0.6) is 0 Å². The molecule has 132 valence electrons. The topological polar surface area (TPSA) is 39.2 Å². The van der Waals surface area contributed by atoms with Crippen molar-refractivity contribution in [3.8, 4) is 0 Å². The third-order valence-electron chi connectivity index (χ3n) is 4.17. The van der Waals surface area contributed by atoms with Crippen LogP contribution in [-0.4, -0.2) is 43.4 Å². The predicted molar refractivity (Wildman–Crippen MR) is 90.3 cm³/mol. The molecule has 1 aromatic rings. The number of hydrazone groups is 1. The number of allylic oxidation sites excluding steroid dienone is 2. The lowest BCUT2D eigenvalue weighted by Crippen LogP contribution is -2.26. The first-order chi connectivity index (χ1) is 11.8. The largest absolute Gasteiger partial charge is 0.435 e. The molecule has 0 N–H and O–H groups in total. The van der Waals surface area contributed by atoms with Crippen LogP contribution in [0.25, 0.3) is 0 Å². The minimum absolute atomic E-state index is 0.456. The number of likely N-dealkylation sites (N-methyl/N-ethyl adjacent to an activating group) is 1. The molecule has 0 spiro atoms. The van der Waals surface area contributed by atoms with Gasteiger partial charge in [0.2, 0.25) is 0 Å². The van der Waals surface area contributed by atoms with Gasteiger partial charge in [-0.2, -0.15) is 18.3 Å². The van der Waals surface area contributed by atoms with E-state index in [0.717, 1.165) is 11.4 Å². The van der Waals surface area contributed by atoms with E-state index in [4.69, 9.17) is 0 Å². The number of carbonyl (C=O) groups is 1. The summed E-state index contributed by atoms with van der Waals surface area (Å²) in [5.41, 5.74) is 0.297. The summed E-state index contributed by atoms with van der Waals surface area (Å²) in [5, 5.41) is 4.02. The molecule has 0 aromatic heterocycles. The Morgan fingerprint density at radius 1 is 1.12 bits per heavy atom. The van der Waals surface area contributed by atoms with Crippen molar-refractivity contribution in [1.82, 2.24) is 5.01 Å². The molecule has 3 rings (SSSR count). The zero-order valence-corrected chi connectivity index (χ0v) is 14.0. The van der Waals surface area contributed by atoms with Crippen LogP contribution in [0.1, 0.15) is 6.92 Å². The molecule has 2 aliphatic rings. The van der Waals surface area contributed by atoms with E-state index < -0.39 is 23.4 Å². The summed E-state index contributed by atoms with van der Waals surface area (Å²) in [6.45, 7) is 2.60. The fourth-order valence-corrected chi connectivity index (χ4v) is 2.98. The molecule has 25 heavy (non-hydrogen) atoms. The Hall–Kier alpha value is -2.77. The molecule has 1 aromatic carbocycles. The summed E-state index contributed by atoms with van der Waals surface area (Å²) in [4.78, 5) is 15.9. The maximum absolute atomic E-state index is 13.1. The second-order valence-electron chi connectivity index (χ2n) is 5.67. The van der Waals surface area contributed by atoms with E-state index in [1.165, 1.54) is 19.2 Å². The van der Waals surface area contributed by atoms with Gasteiger partial charge in [-0.25, -0.2) is 5.01 Å². The van der Waals surface area contributed by atoms with Crippen LogP contribution in [0.3, 0.4) is 0 Å². The maximum atomic E-state index is 13.1. The van der Waals surface area contributed by atoms with Gasteiger partial charge in [0, 0.05) is 20.6 Å². The second-order valence-corrected chi connectivity index (χ2v) is 5.67. The van der Waals surface area contributed by atoms with Crippen molar-refractivity contribution < 1.29 is 18.0 Å². The van der Waals surface area contributed by atoms with Crippen LogP contribution in [0.2, 0.25) is 0 Å². The average molecular weight is 350 g/mol. The van der Waals surface area contributed by atoms with E-state index in [1.54, 1.807) is 0 Å². The highest BCUT2D eigenvalue weighted by molar-refractivity contribution is 6.26. The maximum Gasteiger partial charge on any atom is 0.435 e. The Morgan fingerprint density at radius 3 is 2.36 bits per heavy atom. The Labute approximate surface area is 143 Å². The number of amides is 1. The van der Waals surface area contributed by atoms with Crippen LogP contribution >= 0.6 is 0 Å². The molecule has 0 saturated carbocycles. The summed E-state index contributed by atoms with van der Waals surface area (Å²) in [5.74, 6) is -0.0783. The molecule has 0 radical (unpaired) electrons. The summed E-state index contributed by atoms with van der Waals surface area (Å²) in [6.07, 6.45) is -1.96. The molecule has 8 heteroatoms. The van der Waals surface area contributed by atoms with E-state index in [9.17, 15) is 18.0 Å². The Balaban J connectivity index is 2.02. The monoisotopic (exact) mass is 350 g/mol. The molecule has 5 nitrogen and oxygen atoms in total. The SMILES string of the molecule is CCN1/C(=C\C=C2\C(=O)N(C)N=C2C(F)(F)F)N(C)c2ccccc21. The number of alkyl halides is 3. The van der Waals surface area contributed by atoms with Crippen LogP contribution in [0.4, 0.5) is 24.5 Å². The van der Waals surface area contributed by atoms with E-state index in [1.807, 2.05) is 48.0 Å². The van der Waals surface area contributed by atoms with Gasteiger partial charge in [0.1, 0.15) is 5.82 Å². The van der Waals surface area contributed by atoms with Crippen molar-refractivity contribution >= 4 is 23.0 Å². The number of hydrogen-bond acceptors (Lipinski definition) is 4. The molecule has 0 atom stereocenters. The number of fused-ring (bicyclic) bond motifs is 1. The van der Waals surface area contributed by atoms with Gasteiger partial charge >= 0.3 is 6.18 Å². The first kappa shape index (κ1) is 17.1. The lowest BCUT2D eigenvalue weighted by molar-refractivity contribution is -0.124. The van der Waals surface area contributed by atoms with E-state index >= 15 is 0 Å². The van der Waals surface area contributed by atoms with Gasteiger partial charge in [-0.3, -0.25) is 4.79 Å². The van der Waals surface area contributed by atoms with Crippen molar-refractivity contribution in [1.29, 1.82) is 0 Å². The van der Waals surface area contributed by atoms with Crippen LogP contribution < -0.4 is 9.80 Å². The average Bonchev–Trinajstić information content (AvgIpc) is 3.01. The Morgan fingerprint density at radius 2 is 1.76 bits per heavy atom. The van der Waals surface area contributed by atoms with Gasteiger partial charge in [0.15, 0.2) is 5.71 Å². The van der Waals surface area contributed by atoms with E-state index in [-0.39, 0.29) is 0 Å². The Kier molecular flexibility index (Phi) is 4.06. The smallest absolute Gasteiger partial charge is 0.329 e. The number of anilines is 2. The van der Waals surface area contributed by atoms with Crippen molar-refractivity contribution in [3.05, 3.63) is 47.8 Å². The van der Waals surface area contributed by atoms with Gasteiger partial charge in [0.05, 0.1) is 16.9 Å². The quantitative estimate of drug-likeness (QED) is 0.770. The third kappa shape index (κ3) is 2.77. The fourth-order valence-electron chi connectivity index (χ4n) is 2.98. The highest BCUT2D eigenvalue weighted by Gasteiger charge is 2.45. The van der Waals surface area contributed by atoms with Gasteiger partial charge in [-0.15, -0.1) is 0 Å². The molecular weight excluding hydrogens is 333 g/mol. The first-order valence-electron chi connectivity index (χ1n) is 7.72. The summed E-state index contributed by atoms with van der Waals surface area (Å²) < 4.78 is 39.3. The van der Waals surface area contributed by atoms with Gasteiger partial charge in [-0.05, 0) is 31.2 Å². The number of rotatable bonds is 2. The summed E-state index contributed by atoms with van der Waals surface area (Å²) in [6, 6.07) is 7.68. The molecule has 2 heterocycles. The van der Waals surface area contributed by atoms with E-state index in [0.29, 0.717) is 17.4 Å². The summed E-state index contributed by atoms with van der Waals surface area (Å²) >= 11 is 0. The number of hydrogen-bond donors (Lipinski definition) is 0. The van der Waals surface area contributed by atoms with Crippen molar-refractivity contribution in [3.63, 3.8) is 0 Å². The molecule has 0 bridgehead atoms. The number of carbonyl (C=O) groups excluding carboxylic acids is 1.